The zero-order valence-electron chi connectivity index (χ0n) is 12.2. The van der Waals surface area contributed by atoms with Crippen molar-refractivity contribution in [3.8, 4) is 0 Å². The third kappa shape index (κ3) is 3.11. The van der Waals surface area contributed by atoms with E-state index >= 15 is 0 Å². The summed E-state index contributed by atoms with van der Waals surface area (Å²) in [5.74, 6) is -0.520. The van der Waals surface area contributed by atoms with E-state index in [2.05, 4.69) is 14.6 Å². The highest BCUT2D eigenvalue weighted by Crippen LogP contribution is 2.32. The summed E-state index contributed by atoms with van der Waals surface area (Å²) in [5, 5.41) is 19.2. The Balaban J connectivity index is 2.06. The van der Waals surface area contributed by atoms with Crippen LogP contribution in [-0.2, 0) is 10.1 Å². The van der Waals surface area contributed by atoms with Gasteiger partial charge in [0.25, 0.3) is 0 Å². The zero-order chi connectivity index (χ0) is 17.5. The lowest BCUT2D eigenvalue weighted by Gasteiger charge is -2.20. The second-order valence-corrected chi connectivity index (χ2v) is 7.30. The first-order valence-electron chi connectivity index (χ1n) is 6.61. The van der Waals surface area contributed by atoms with Crippen LogP contribution in [-0.4, -0.2) is 51.8 Å². The summed E-state index contributed by atoms with van der Waals surface area (Å²) in [5.41, 5.74) is 1.62. The molecule has 0 aliphatic heterocycles. The molecule has 126 valence electrons. The van der Waals surface area contributed by atoms with Crippen LogP contribution in [0.3, 0.4) is 0 Å². The van der Waals surface area contributed by atoms with Crippen molar-refractivity contribution in [3.63, 3.8) is 0 Å². The summed E-state index contributed by atoms with van der Waals surface area (Å²) in [4.78, 5) is 12.0. The van der Waals surface area contributed by atoms with E-state index in [-0.39, 0.29) is 17.1 Å². The maximum Gasteiger partial charge on any atom is 0.371 e. The average Bonchev–Trinajstić information content (AvgIpc) is 2.96. The van der Waals surface area contributed by atoms with Crippen molar-refractivity contribution in [2.45, 2.75) is 0 Å². The number of nitro groups is 1. The molecular weight excluding hydrogens is 358 g/mol. The molecule has 0 saturated carbocycles. The van der Waals surface area contributed by atoms with E-state index in [0.29, 0.717) is 22.1 Å². The fourth-order valence-electron chi connectivity index (χ4n) is 2.18. The van der Waals surface area contributed by atoms with Crippen LogP contribution in [0.15, 0.2) is 18.2 Å². The lowest BCUT2D eigenvalue weighted by Crippen LogP contribution is -2.25. The van der Waals surface area contributed by atoms with Gasteiger partial charge in [0, 0.05) is 36.2 Å². The van der Waals surface area contributed by atoms with Gasteiger partial charge in [-0.1, -0.05) is 0 Å². The van der Waals surface area contributed by atoms with Crippen molar-refractivity contribution in [2.75, 3.05) is 24.2 Å². The Morgan fingerprint density at radius 2 is 2.04 bits per heavy atom. The van der Waals surface area contributed by atoms with E-state index in [0.717, 1.165) is 11.5 Å². The van der Waals surface area contributed by atoms with Crippen molar-refractivity contribution in [1.29, 1.82) is 0 Å². The smallest absolute Gasteiger partial charge is 0.371 e. The number of aromatic nitrogens is 3. The van der Waals surface area contributed by atoms with E-state index in [4.69, 9.17) is 0 Å². The molecule has 2 aromatic heterocycles. The molecule has 0 atom stereocenters. The quantitative estimate of drug-likeness (QED) is 0.368. The fraction of sp³-hybridized carbons (Fsp3) is 0.250. The van der Waals surface area contributed by atoms with Crippen LogP contribution in [0.1, 0.15) is 0 Å². The van der Waals surface area contributed by atoms with Crippen molar-refractivity contribution in [3.05, 3.63) is 28.3 Å². The number of nitrogens with zero attached hydrogens (tertiary/aromatic N) is 5. The van der Waals surface area contributed by atoms with E-state index in [9.17, 15) is 23.1 Å². The summed E-state index contributed by atoms with van der Waals surface area (Å²) in [6.07, 6.45) is 0. The molecular formula is C12H10N5O5S2-. The topological polar surface area (TPSA) is 142 Å². The highest BCUT2D eigenvalue weighted by atomic mass is 32.2. The molecule has 0 unspecified atom stereocenters. The molecule has 0 N–H and O–H groups in total. The SMILES string of the molecule is CN(CCS(=O)(=O)[O-])c1ccc2nnc3c([N+](=O)[O-])snc3c2c1. The van der Waals surface area contributed by atoms with E-state index in [1.807, 2.05) is 0 Å². The van der Waals surface area contributed by atoms with E-state index < -0.39 is 20.8 Å². The van der Waals surface area contributed by atoms with Crippen LogP contribution in [0.4, 0.5) is 10.7 Å². The first-order chi connectivity index (χ1) is 11.3. The molecule has 24 heavy (non-hydrogen) atoms. The lowest BCUT2D eigenvalue weighted by atomic mass is 10.1. The molecule has 10 nitrogen and oxygen atoms in total. The van der Waals surface area contributed by atoms with Gasteiger partial charge in [-0.3, -0.25) is 10.1 Å². The van der Waals surface area contributed by atoms with Crippen LogP contribution in [0.2, 0.25) is 0 Å². The number of rotatable bonds is 5. The van der Waals surface area contributed by atoms with E-state index in [1.54, 1.807) is 30.1 Å². The highest BCUT2D eigenvalue weighted by molar-refractivity contribution is 7.85. The van der Waals surface area contributed by atoms with Crippen molar-refractivity contribution in [1.82, 2.24) is 14.6 Å². The number of benzene rings is 1. The first kappa shape index (κ1) is 16.4. The molecule has 3 aromatic rings. The molecule has 0 radical (unpaired) electrons. The predicted octanol–water partition coefficient (Wildman–Crippen LogP) is 1.13. The number of fused-ring (bicyclic) bond motifs is 3. The summed E-state index contributed by atoms with van der Waals surface area (Å²) in [6, 6.07) is 5.04. The molecule has 0 aliphatic carbocycles. The van der Waals surface area contributed by atoms with Gasteiger partial charge in [0.1, 0.15) is 5.52 Å². The normalized spacial score (nSPS) is 11.9. The third-order valence-corrected chi connectivity index (χ3v) is 4.90. The maximum atomic E-state index is 11.0. The molecule has 2 heterocycles. The van der Waals surface area contributed by atoms with Gasteiger partial charge in [-0.15, -0.1) is 10.2 Å². The monoisotopic (exact) mass is 368 g/mol. The van der Waals surface area contributed by atoms with Crippen molar-refractivity contribution in [2.24, 2.45) is 0 Å². The molecule has 0 amide bonds. The third-order valence-electron chi connectivity index (χ3n) is 3.43. The Bertz CT molecular complexity index is 1050. The van der Waals surface area contributed by atoms with Crippen LogP contribution < -0.4 is 4.90 Å². The summed E-state index contributed by atoms with van der Waals surface area (Å²) < 4.78 is 36.3. The van der Waals surface area contributed by atoms with Gasteiger partial charge in [-0.25, -0.2) is 8.42 Å². The second kappa shape index (κ2) is 5.89. The van der Waals surface area contributed by atoms with Gasteiger partial charge in [0.05, 0.1) is 26.3 Å². The van der Waals surface area contributed by atoms with Crippen molar-refractivity contribution < 1.29 is 17.9 Å². The highest BCUT2D eigenvalue weighted by Gasteiger charge is 2.21. The molecule has 0 spiro atoms. The van der Waals surface area contributed by atoms with Gasteiger partial charge >= 0.3 is 5.00 Å². The Morgan fingerprint density at radius 1 is 1.29 bits per heavy atom. The minimum atomic E-state index is -4.31. The molecule has 1 aromatic carbocycles. The Hall–Kier alpha value is -2.44. The van der Waals surface area contributed by atoms with Crippen LogP contribution in [0.5, 0.6) is 0 Å². The van der Waals surface area contributed by atoms with Gasteiger partial charge in [0.2, 0.25) is 5.52 Å². The zero-order valence-corrected chi connectivity index (χ0v) is 13.9. The minimum Gasteiger partial charge on any atom is -0.748 e. The Labute approximate surface area is 139 Å². The standard InChI is InChI=1S/C12H11N5O5S2/c1-16(4-5-24(20,21)22)7-2-3-9-8(6-7)10-11(14-13-9)12(17(18)19)23-15-10/h2-3,6H,4-5H2,1H3,(H,20,21,22)/p-1. The first-order valence-corrected chi connectivity index (χ1v) is 8.96. The Kier molecular flexibility index (Phi) is 4.03. The van der Waals surface area contributed by atoms with Crippen molar-refractivity contribution >= 4 is 54.3 Å². The molecule has 3 rings (SSSR count). The van der Waals surface area contributed by atoms with Gasteiger partial charge in [-0.05, 0) is 18.2 Å². The largest absolute Gasteiger partial charge is 0.748 e. The number of hydrogen-bond acceptors (Lipinski definition) is 10. The summed E-state index contributed by atoms with van der Waals surface area (Å²) in [7, 11) is -2.67. The van der Waals surface area contributed by atoms with Crippen LogP contribution in [0, 0.1) is 10.1 Å². The van der Waals surface area contributed by atoms with E-state index in [1.165, 1.54) is 0 Å². The minimum absolute atomic E-state index is 0.0240. The Morgan fingerprint density at radius 3 is 2.71 bits per heavy atom. The second-order valence-electron chi connectivity index (χ2n) is 5.03. The average molecular weight is 368 g/mol. The molecule has 0 saturated heterocycles. The fourth-order valence-corrected chi connectivity index (χ4v) is 3.33. The molecule has 12 heteroatoms. The van der Waals surface area contributed by atoms with Gasteiger partial charge in [0.15, 0.2) is 0 Å². The summed E-state index contributed by atoms with van der Waals surface area (Å²) >= 11 is 0.728. The number of anilines is 1. The van der Waals surface area contributed by atoms with Gasteiger partial charge in [-0.2, -0.15) is 4.37 Å². The predicted molar refractivity (Wildman–Crippen MR) is 87.2 cm³/mol. The number of hydrogen-bond donors (Lipinski definition) is 0. The van der Waals surface area contributed by atoms with Gasteiger partial charge < -0.3 is 9.45 Å². The molecule has 0 bridgehead atoms. The lowest BCUT2D eigenvalue weighted by molar-refractivity contribution is -0.378. The summed E-state index contributed by atoms with van der Waals surface area (Å²) in [6.45, 7) is 0.0240. The maximum absolute atomic E-state index is 11.0. The van der Waals surface area contributed by atoms with Crippen LogP contribution in [0.25, 0.3) is 21.9 Å². The van der Waals surface area contributed by atoms with Crippen LogP contribution >= 0.6 is 11.5 Å². The molecule has 0 fully saturated rings. The molecule has 0 aliphatic rings.